The van der Waals surface area contributed by atoms with E-state index < -0.39 is 23.5 Å². The number of carbonyl (C=O) groups excluding carboxylic acids is 2. The zero-order valence-corrected chi connectivity index (χ0v) is 19.6. The molecule has 0 aliphatic carbocycles. The second-order valence-electron chi connectivity index (χ2n) is 7.94. The molecule has 0 N–H and O–H groups in total. The fraction of sp³-hybridized carbons (Fsp3) is 0.321. The second kappa shape index (κ2) is 12.5. The van der Waals surface area contributed by atoms with Gasteiger partial charge in [-0.05, 0) is 24.5 Å². The summed E-state index contributed by atoms with van der Waals surface area (Å²) in [6, 6.07) is 20.1. The van der Waals surface area contributed by atoms with Gasteiger partial charge in [0.25, 0.3) is 0 Å². The van der Waals surface area contributed by atoms with E-state index in [0.29, 0.717) is 29.7 Å². The molecule has 0 aliphatic rings. The first-order valence-corrected chi connectivity index (χ1v) is 11.7. The molecular weight excluding hydrogens is 432 g/mol. The van der Waals surface area contributed by atoms with Crippen LogP contribution in [-0.4, -0.2) is 25.2 Å². The highest BCUT2D eigenvalue weighted by molar-refractivity contribution is 6.01. The summed E-state index contributed by atoms with van der Waals surface area (Å²) in [5.74, 6) is -2.78. The lowest BCUT2D eigenvalue weighted by atomic mass is 9.94. The summed E-state index contributed by atoms with van der Waals surface area (Å²) in [6.45, 7) is 4.25. The molecule has 0 spiro atoms. The zero-order chi connectivity index (χ0) is 24.3. The van der Waals surface area contributed by atoms with Gasteiger partial charge >= 0.3 is 17.6 Å². The van der Waals surface area contributed by atoms with Gasteiger partial charge in [0, 0.05) is 11.1 Å². The maximum atomic E-state index is 13.1. The Labute approximate surface area is 199 Å². The van der Waals surface area contributed by atoms with Crippen LogP contribution in [0.2, 0.25) is 0 Å². The number of rotatable bonds is 11. The molecule has 1 heterocycles. The van der Waals surface area contributed by atoms with Crippen LogP contribution >= 0.6 is 0 Å². The number of hydrogen-bond acceptors (Lipinski definition) is 6. The van der Waals surface area contributed by atoms with Crippen molar-refractivity contribution >= 4 is 11.9 Å². The van der Waals surface area contributed by atoms with E-state index in [9.17, 15) is 14.4 Å². The molecular formula is C28H30O6. The number of hydrogen-bond donors (Lipinski definition) is 0. The number of carbonyl (C=O) groups is 2. The van der Waals surface area contributed by atoms with Gasteiger partial charge in [0.05, 0.1) is 18.8 Å². The molecule has 0 saturated carbocycles. The average Bonchev–Trinajstić information content (AvgIpc) is 2.86. The van der Waals surface area contributed by atoms with Crippen LogP contribution in [0.5, 0.6) is 0 Å². The zero-order valence-electron chi connectivity index (χ0n) is 19.6. The van der Waals surface area contributed by atoms with E-state index in [2.05, 4.69) is 0 Å². The first-order valence-electron chi connectivity index (χ1n) is 11.7. The summed E-state index contributed by atoms with van der Waals surface area (Å²) in [6.07, 6.45) is 2.95. The fourth-order valence-corrected chi connectivity index (χ4v) is 3.47. The SMILES string of the molecule is CCCCOC(=O)C(C(=O)OCCCC)c1cc(-c2ccccc2)c(-c2ccccc2)oc1=O. The predicted octanol–water partition coefficient (Wildman–Crippen LogP) is 5.74. The molecule has 6 heteroatoms. The van der Waals surface area contributed by atoms with Crippen molar-refractivity contribution < 1.29 is 23.5 Å². The minimum atomic E-state index is -1.52. The summed E-state index contributed by atoms with van der Waals surface area (Å²) in [4.78, 5) is 39.0. The van der Waals surface area contributed by atoms with Gasteiger partial charge in [0.1, 0.15) is 5.76 Å². The maximum absolute atomic E-state index is 13.1. The average molecular weight is 463 g/mol. The molecule has 0 atom stereocenters. The molecule has 178 valence electrons. The quantitative estimate of drug-likeness (QED) is 0.205. The van der Waals surface area contributed by atoms with Crippen LogP contribution in [0.3, 0.4) is 0 Å². The van der Waals surface area contributed by atoms with Crippen molar-refractivity contribution in [2.45, 2.75) is 45.4 Å². The highest BCUT2D eigenvalue weighted by Crippen LogP contribution is 2.33. The molecule has 0 aliphatic heterocycles. The number of benzene rings is 2. The lowest BCUT2D eigenvalue weighted by Gasteiger charge is -2.17. The van der Waals surface area contributed by atoms with E-state index in [0.717, 1.165) is 18.4 Å². The van der Waals surface area contributed by atoms with Gasteiger partial charge in [-0.1, -0.05) is 87.4 Å². The Morgan fingerprint density at radius 2 is 1.29 bits per heavy atom. The summed E-state index contributed by atoms with van der Waals surface area (Å²) < 4.78 is 16.4. The minimum absolute atomic E-state index is 0.0958. The Morgan fingerprint density at radius 3 is 1.79 bits per heavy atom. The van der Waals surface area contributed by atoms with Crippen molar-refractivity contribution in [1.82, 2.24) is 0 Å². The monoisotopic (exact) mass is 462 g/mol. The number of esters is 2. The standard InChI is InChI=1S/C28H30O6/c1-3-5-17-32-27(30)24(28(31)33-18-6-4-2)23-19-22(20-13-9-7-10-14-20)25(34-26(23)29)21-15-11-8-12-16-21/h7-16,19,24H,3-6,17-18H2,1-2H3. The highest BCUT2D eigenvalue weighted by atomic mass is 16.6. The van der Waals surface area contributed by atoms with Gasteiger partial charge in [-0.3, -0.25) is 9.59 Å². The second-order valence-corrected chi connectivity index (χ2v) is 7.94. The molecule has 3 rings (SSSR count). The van der Waals surface area contributed by atoms with Crippen molar-refractivity contribution in [2.24, 2.45) is 0 Å². The number of unbranched alkanes of at least 4 members (excludes halogenated alkanes) is 2. The van der Waals surface area contributed by atoms with Gasteiger partial charge in [-0.15, -0.1) is 0 Å². The van der Waals surface area contributed by atoms with Gasteiger partial charge in [0.15, 0.2) is 5.92 Å². The first kappa shape index (κ1) is 25.0. The van der Waals surface area contributed by atoms with Crippen LogP contribution in [0.1, 0.15) is 51.0 Å². The van der Waals surface area contributed by atoms with Gasteiger partial charge in [-0.2, -0.15) is 0 Å². The van der Waals surface area contributed by atoms with Crippen molar-refractivity contribution in [2.75, 3.05) is 13.2 Å². The molecule has 2 aromatic carbocycles. The third-order valence-corrected chi connectivity index (χ3v) is 5.36. The molecule has 6 nitrogen and oxygen atoms in total. The van der Waals surface area contributed by atoms with Gasteiger partial charge in [0.2, 0.25) is 0 Å². The Hall–Kier alpha value is -3.67. The lowest BCUT2D eigenvalue weighted by Crippen LogP contribution is -2.30. The summed E-state index contributed by atoms with van der Waals surface area (Å²) in [5, 5.41) is 0. The van der Waals surface area contributed by atoms with E-state index in [1.54, 1.807) is 6.07 Å². The van der Waals surface area contributed by atoms with Crippen molar-refractivity contribution in [1.29, 1.82) is 0 Å². The lowest BCUT2D eigenvalue weighted by molar-refractivity contribution is -0.157. The molecule has 0 amide bonds. The highest BCUT2D eigenvalue weighted by Gasteiger charge is 2.35. The molecule has 0 unspecified atom stereocenters. The predicted molar refractivity (Wildman–Crippen MR) is 130 cm³/mol. The van der Waals surface area contributed by atoms with Crippen LogP contribution < -0.4 is 5.63 Å². The summed E-state index contributed by atoms with van der Waals surface area (Å²) >= 11 is 0. The van der Waals surface area contributed by atoms with Crippen LogP contribution in [0, 0.1) is 0 Å². The van der Waals surface area contributed by atoms with Crippen LogP contribution in [-0.2, 0) is 19.1 Å². The van der Waals surface area contributed by atoms with E-state index in [1.165, 1.54) is 0 Å². The Bertz CT molecular complexity index is 1110. The van der Waals surface area contributed by atoms with E-state index >= 15 is 0 Å². The smallest absolute Gasteiger partial charge is 0.340 e. The van der Waals surface area contributed by atoms with Crippen LogP contribution in [0.4, 0.5) is 0 Å². The minimum Gasteiger partial charge on any atom is -0.465 e. The number of ether oxygens (including phenoxy) is 2. The molecule has 0 saturated heterocycles. The Morgan fingerprint density at radius 1 is 0.794 bits per heavy atom. The Kier molecular flexibility index (Phi) is 9.21. The molecule has 1 aromatic heterocycles. The van der Waals surface area contributed by atoms with E-state index in [1.807, 2.05) is 74.5 Å². The van der Waals surface area contributed by atoms with Crippen LogP contribution in [0.15, 0.2) is 75.9 Å². The van der Waals surface area contributed by atoms with Gasteiger partial charge in [-0.25, -0.2) is 4.79 Å². The topological polar surface area (TPSA) is 82.8 Å². The Balaban J connectivity index is 2.12. The third kappa shape index (κ3) is 6.22. The normalized spacial score (nSPS) is 10.8. The third-order valence-electron chi connectivity index (χ3n) is 5.36. The molecule has 0 bridgehead atoms. The molecule has 0 radical (unpaired) electrons. The summed E-state index contributed by atoms with van der Waals surface area (Å²) in [5.41, 5.74) is 1.21. The van der Waals surface area contributed by atoms with E-state index in [4.69, 9.17) is 13.9 Å². The fourth-order valence-electron chi connectivity index (χ4n) is 3.47. The molecule has 34 heavy (non-hydrogen) atoms. The van der Waals surface area contributed by atoms with Crippen molar-refractivity contribution in [3.8, 4) is 22.5 Å². The van der Waals surface area contributed by atoms with Crippen LogP contribution in [0.25, 0.3) is 22.5 Å². The molecule has 0 fully saturated rings. The summed E-state index contributed by atoms with van der Waals surface area (Å²) in [7, 11) is 0. The van der Waals surface area contributed by atoms with E-state index in [-0.39, 0.29) is 18.8 Å². The van der Waals surface area contributed by atoms with Crippen molar-refractivity contribution in [3.63, 3.8) is 0 Å². The maximum Gasteiger partial charge on any atom is 0.340 e. The first-order chi connectivity index (χ1) is 16.6. The van der Waals surface area contributed by atoms with Crippen molar-refractivity contribution in [3.05, 3.63) is 82.7 Å². The largest absolute Gasteiger partial charge is 0.465 e. The van der Waals surface area contributed by atoms with Gasteiger partial charge < -0.3 is 13.9 Å². The molecule has 3 aromatic rings.